The van der Waals surface area contributed by atoms with E-state index in [1.807, 2.05) is 49.3 Å². The molecule has 2 amide bonds. The number of benzene rings is 1. The third-order valence-corrected chi connectivity index (χ3v) is 4.42. The van der Waals surface area contributed by atoms with Crippen LogP contribution in [-0.4, -0.2) is 60.4 Å². The Labute approximate surface area is 169 Å². The topological polar surface area (TPSA) is 88.0 Å². The van der Waals surface area contributed by atoms with E-state index in [0.717, 1.165) is 11.3 Å². The summed E-state index contributed by atoms with van der Waals surface area (Å²) in [6, 6.07) is 12.8. The molecule has 3 aromatic rings. The van der Waals surface area contributed by atoms with E-state index in [4.69, 9.17) is 4.74 Å². The summed E-state index contributed by atoms with van der Waals surface area (Å²) in [5.74, 6) is 0.290. The lowest BCUT2D eigenvalue weighted by Gasteiger charge is -2.09. The highest BCUT2D eigenvalue weighted by atomic mass is 16.5. The van der Waals surface area contributed by atoms with Gasteiger partial charge in [0.05, 0.1) is 12.6 Å². The number of likely N-dealkylation sites (N-methyl/N-ethyl adjacent to an activating group) is 1. The Kier molecular flexibility index (Phi) is 6.46. The lowest BCUT2D eigenvalue weighted by Crippen LogP contribution is -2.32. The number of methoxy groups -OCH3 is 1. The van der Waals surface area contributed by atoms with E-state index in [1.165, 1.54) is 0 Å². The average Bonchev–Trinajstić information content (AvgIpc) is 3.12. The second-order valence-electron chi connectivity index (χ2n) is 6.83. The van der Waals surface area contributed by atoms with Gasteiger partial charge < -0.3 is 20.3 Å². The van der Waals surface area contributed by atoms with Gasteiger partial charge in [0.1, 0.15) is 5.75 Å². The molecule has 0 aliphatic carbocycles. The van der Waals surface area contributed by atoms with E-state index in [0.29, 0.717) is 25.2 Å². The maximum absolute atomic E-state index is 12.7. The van der Waals surface area contributed by atoms with Gasteiger partial charge in [0.25, 0.3) is 11.8 Å². The van der Waals surface area contributed by atoms with Crippen LogP contribution in [0.4, 0.5) is 0 Å². The van der Waals surface area contributed by atoms with Crippen molar-refractivity contribution in [3.63, 3.8) is 0 Å². The van der Waals surface area contributed by atoms with Crippen molar-refractivity contribution in [2.24, 2.45) is 0 Å². The van der Waals surface area contributed by atoms with Crippen molar-refractivity contribution in [3.8, 4) is 5.75 Å². The average molecular weight is 395 g/mol. The third kappa shape index (κ3) is 4.91. The number of rotatable bonds is 8. The molecule has 8 heteroatoms. The van der Waals surface area contributed by atoms with E-state index in [2.05, 4.69) is 15.6 Å². The van der Waals surface area contributed by atoms with Gasteiger partial charge in [0.15, 0.2) is 5.69 Å². The summed E-state index contributed by atoms with van der Waals surface area (Å²) in [7, 11) is 5.47. The van der Waals surface area contributed by atoms with Gasteiger partial charge in [-0.3, -0.25) is 14.0 Å². The molecule has 2 aromatic heterocycles. The summed E-state index contributed by atoms with van der Waals surface area (Å²) in [4.78, 5) is 31.6. The quantitative estimate of drug-likeness (QED) is 0.604. The van der Waals surface area contributed by atoms with Gasteiger partial charge in [-0.25, -0.2) is 4.98 Å². The van der Waals surface area contributed by atoms with Crippen molar-refractivity contribution in [2.75, 3.05) is 34.3 Å². The number of imidazole rings is 1. The number of fused-ring (bicyclic) bond motifs is 1. The number of aromatic nitrogens is 2. The highest BCUT2D eigenvalue weighted by molar-refractivity contribution is 6.02. The molecule has 0 unspecified atom stereocenters. The molecule has 1 aromatic carbocycles. The molecule has 0 saturated carbocycles. The lowest BCUT2D eigenvalue weighted by molar-refractivity contribution is 0.0940. The highest BCUT2D eigenvalue weighted by Crippen LogP contribution is 2.14. The predicted molar refractivity (Wildman–Crippen MR) is 110 cm³/mol. The Bertz CT molecular complexity index is 995. The van der Waals surface area contributed by atoms with Gasteiger partial charge in [-0.05, 0) is 43.9 Å². The van der Waals surface area contributed by atoms with Gasteiger partial charge >= 0.3 is 0 Å². The fraction of sp³-hybridized carbons (Fsp3) is 0.286. The van der Waals surface area contributed by atoms with E-state index in [-0.39, 0.29) is 23.3 Å². The first kappa shape index (κ1) is 20.3. The Morgan fingerprint density at radius 2 is 1.83 bits per heavy atom. The zero-order valence-electron chi connectivity index (χ0n) is 16.8. The van der Waals surface area contributed by atoms with Gasteiger partial charge in [-0.2, -0.15) is 0 Å². The van der Waals surface area contributed by atoms with Crippen LogP contribution in [0.3, 0.4) is 0 Å². The molecule has 0 aliphatic heterocycles. The molecule has 0 fully saturated rings. The smallest absolute Gasteiger partial charge is 0.287 e. The van der Waals surface area contributed by atoms with Crippen molar-refractivity contribution >= 4 is 17.3 Å². The summed E-state index contributed by atoms with van der Waals surface area (Å²) in [6.45, 7) is 1.55. The SMILES string of the molecule is COc1ccc(CNC(=O)c2nc(C(=O)NCCN(C)C)n3ccccc23)cc1. The number of carbonyl (C=O) groups excluding carboxylic acids is 2. The largest absolute Gasteiger partial charge is 0.497 e. The van der Waals surface area contributed by atoms with Crippen molar-refractivity contribution in [1.29, 1.82) is 0 Å². The summed E-state index contributed by atoms with van der Waals surface area (Å²) in [6.07, 6.45) is 1.73. The molecule has 2 N–H and O–H groups in total. The minimum Gasteiger partial charge on any atom is -0.497 e. The second-order valence-corrected chi connectivity index (χ2v) is 6.83. The minimum atomic E-state index is -0.336. The van der Waals surface area contributed by atoms with Crippen molar-refractivity contribution in [3.05, 3.63) is 65.7 Å². The molecule has 152 valence electrons. The van der Waals surface area contributed by atoms with Crippen LogP contribution in [0, 0.1) is 0 Å². The Morgan fingerprint density at radius 3 is 2.52 bits per heavy atom. The molecule has 0 spiro atoms. The van der Waals surface area contributed by atoms with Crippen LogP contribution in [0.5, 0.6) is 5.75 Å². The summed E-state index contributed by atoms with van der Waals surface area (Å²) in [5, 5.41) is 5.70. The molecule has 0 radical (unpaired) electrons. The van der Waals surface area contributed by atoms with E-state index in [1.54, 1.807) is 29.8 Å². The van der Waals surface area contributed by atoms with Crippen LogP contribution < -0.4 is 15.4 Å². The Hall–Kier alpha value is -3.39. The van der Waals surface area contributed by atoms with E-state index >= 15 is 0 Å². The summed E-state index contributed by atoms with van der Waals surface area (Å²) < 4.78 is 6.77. The van der Waals surface area contributed by atoms with Gasteiger partial charge in [-0.1, -0.05) is 18.2 Å². The molecule has 0 saturated heterocycles. The lowest BCUT2D eigenvalue weighted by atomic mass is 10.2. The molecule has 3 rings (SSSR count). The first-order chi connectivity index (χ1) is 14.0. The number of carbonyl (C=O) groups is 2. The number of nitrogens with one attached hydrogen (secondary N) is 2. The second kappa shape index (κ2) is 9.20. The molecule has 0 aliphatic rings. The number of pyridine rings is 1. The van der Waals surface area contributed by atoms with Gasteiger partial charge in [0, 0.05) is 25.8 Å². The molecular formula is C21H25N5O3. The molecule has 0 atom stereocenters. The normalized spacial score (nSPS) is 10.9. The Morgan fingerprint density at radius 1 is 1.07 bits per heavy atom. The fourth-order valence-electron chi connectivity index (χ4n) is 2.85. The van der Waals surface area contributed by atoms with Crippen molar-refractivity contribution < 1.29 is 14.3 Å². The van der Waals surface area contributed by atoms with E-state index < -0.39 is 0 Å². The van der Waals surface area contributed by atoms with Crippen LogP contribution in [-0.2, 0) is 6.54 Å². The zero-order valence-corrected chi connectivity index (χ0v) is 16.8. The van der Waals surface area contributed by atoms with Crippen LogP contribution >= 0.6 is 0 Å². The van der Waals surface area contributed by atoms with Gasteiger partial charge in [0.2, 0.25) is 5.82 Å². The standard InChI is InChI=1S/C21H25N5O3/c1-25(2)13-11-22-21(28)19-24-18(17-6-4-5-12-26(17)19)20(27)23-14-15-7-9-16(29-3)10-8-15/h4-10,12H,11,13-14H2,1-3H3,(H,22,28)(H,23,27). The predicted octanol–water partition coefficient (Wildman–Crippen LogP) is 1.56. The third-order valence-electron chi connectivity index (χ3n) is 4.42. The first-order valence-electron chi connectivity index (χ1n) is 9.30. The molecule has 0 bridgehead atoms. The zero-order chi connectivity index (χ0) is 20.8. The minimum absolute atomic E-state index is 0.189. The van der Waals surface area contributed by atoms with Crippen molar-refractivity contribution in [2.45, 2.75) is 6.54 Å². The first-order valence-corrected chi connectivity index (χ1v) is 9.30. The maximum atomic E-state index is 12.7. The number of nitrogens with zero attached hydrogens (tertiary/aromatic N) is 3. The number of hydrogen-bond donors (Lipinski definition) is 2. The number of ether oxygens (including phenoxy) is 1. The molecular weight excluding hydrogens is 370 g/mol. The van der Waals surface area contributed by atoms with Gasteiger partial charge in [-0.15, -0.1) is 0 Å². The summed E-state index contributed by atoms with van der Waals surface area (Å²) in [5.41, 5.74) is 1.73. The molecule has 29 heavy (non-hydrogen) atoms. The number of amides is 2. The highest BCUT2D eigenvalue weighted by Gasteiger charge is 2.21. The van der Waals surface area contributed by atoms with E-state index in [9.17, 15) is 9.59 Å². The Balaban J connectivity index is 1.76. The van der Waals surface area contributed by atoms with Crippen LogP contribution in [0.2, 0.25) is 0 Å². The van der Waals surface area contributed by atoms with Crippen molar-refractivity contribution in [1.82, 2.24) is 24.9 Å². The maximum Gasteiger partial charge on any atom is 0.287 e. The fourth-order valence-corrected chi connectivity index (χ4v) is 2.85. The number of hydrogen-bond acceptors (Lipinski definition) is 5. The monoisotopic (exact) mass is 395 g/mol. The summed E-state index contributed by atoms with van der Waals surface area (Å²) >= 11 is 0. The molecule has 8 nitrogen and oxygen atoms in total. The molecule has 2 heterocycles. The van der Waals surface area contributed by atoms with Crippen LogP contribution in [0.1, 0.15) is 26.7 Å². The van der Waals surface area contributed by atoms with Crippen LogP contribution in [0.25, 0.3) is 5.52 Å². The van der Waals surface area contributed by atoms with Crippen LogP contribution in [0.15, 0.2) is 48.7 Å².